The van der Waals surface area contributed by atoms with Crippen molar-refractivity contribution in [2.75, 3.05) is 13.1 Å². The Morgan fingerprint density at radius 2 is 1.95 bits per heavy atom. The molecule has 0 spiro atoms. The fourth-order valence-electron chi connectivity index (χ4n) is 2.88. The molecule has 1 aromatic rings. The first-order chi connectivity index (χ1) is 9.27. The first-order valence-corrected chi connectivity index (χ1v) is 7.78. The molecule has 1 unspecified atom stereocenters. The molecule has 1 aliphatic carbocycles. The molecular weight excluding hydrogens is 258 g/mol. The third-order valence-electron chi connectivity index (χ3n) is 4.06. The van der Waals surface area contributed by atoms with Crippen molar-refractivity contribution in [3.8, 4) is 0 Å². The summed E-state index contributed by atoms with van der Waals surface area (Å²) >= 11 is 6.07. The summed E-state index contributed by atoms with van der Waals surface area (Å²) in [4.78, 5) is 0. The molecule has 1 saturated carbocycles. The van der Waals surface area contributed by atoms with Gasteiger partial charge in [0, 0.05) is 17.1 Å². The van der Waals surface area contributed by atoms with Crippen molar-refractivity contribution in [2.45, 2.75) is 44.6 Å². The first kappa shape index (κ1) is 14.8. The van der Waals surface area contributed by atoms with Gasteiger partial charge in [-0.05, 0) is 24.9 Å². The summed E-state index contributed by atoms with van der Waals surface area (Å²) in [6.07, 6.45) is 7.69. The number of hydrogen-bond donors (Lipinski definition) is 2. The van der Waals surface area contributed by atoms with Crippen LogP contribution in [-0.4, -0.2) is 18.2 Å². The molecule has 1 fully saturated rings. The van der Waals surface area contributed by atoms with Gasteiger partial charge in [-0.3, -0.25) is 0 Å². The van der Waals surface area contributed by atoms with E-state index in [9.17, 15) is 5.11 Å². The summed E-state index contributed by atoms with van der Waals surface area (Å²) in [5.41, 5.74) is 0.814. The molecule has 19 heavy (non-hydrogen) atoms. The lowest BCUT2D eigenvalue weighted by molar-refractivity contribution is 0.173. The lowest BCUT2D eigenvalue weighted by Gasteiger charge is -2.22. The second kappa shape index (κ2) is 7.88. The fraction of sp³-hybridized carbons (Fsp3) is 0.625. The molecule has 0 aromatic heterocycles. The minimum absolute atomic E-state index is 0.514. The molecule has 0 radical (unpaired) electrons. The Hall–Kier alpha value is -0.570. The van der Waals surface area contributed by atoms with E-state index in [2.05, 4.69) is 5.32 Å². The van der Waals surface area contributed by atoms with Crippen molar-refractivity contribution < 1.29 is 5.11 Å². The van der Waals surface area contributed by atoms with Crippen LogP contribution in [0.15, 0.2) is 24.3 Å². The number of benzene rings is 1. The Kier molecular flexibility index (Phi) is 6.15. The van der Waals surface area contributed by atoms with Crippen LogP contribution in [0.1, 0.15) is 50.2 Å². The van der Waals surface area contributed by atoms with E-state index >= 15 is 0 Å². The van der Waals surface area contributed by atoms with Gasteiger partial charge < -0.3 is 10.4 Å². The van der Waals surface area contributed by atoms with Crippen LogP contribution in [0.25, 0.3) is 0 Å². The largest absolute Gasteiger partial charge is 0.387 e. The van der Waals surface area contributed by atoms with Gasteiger partial charge in [0.2, 0.25) is 0 Å². The van der Waals surface area contributed by atoms with E-state index in [1.165, 1.54) is 38.5 Å². The molecule has 2 rings (SSSR count). The molecule has 0 aliphatic heterocycles. The molecule has 2 nitrogen and oxygen atoms in total. The monoisotopic (exact) mass is 281 g/mol. The zero-order valence-electron chi connectivity index (χ0n) is 11.4. The standard InChI is InChI=1S/C16H24ClNO/c17-15-9-5-4-8-14(15)16(19)12-18-11-10-13-6-2-1-3-7-13/h4-5,8-9,13,16,18-19H,1-3,6-7,10-12H2. The second-order valence-corrected chi connectivity index (χ2v) is 5.94. The van der Waals surface area contributed by atoms with Crippen LogP contribution in [-0.2, 0) is 0 Å². The number of hydrogen-bond acceptors (Lipinski definition) is 2. The highest BCUT2D eigenvalue weighted by Gasteiger charge is 2.14. The third-order valence-corrected chi connectivity index (χ3v) is 4.40. The number of aliphatic hydroxyl groups is 1. The molecule has 0 heterocycles. The van der Waals surface area contributed by atoms with E-state index in [-0.39, 0.29) is 0 Å². The lowest BCUT2D eigenvalue weighted by Crippen LogP contribution is -2.24. The van der Waals surface area contributed by atoms with E-state index in [0.29, 0.717) is 11.6 Å². The predicted octanol–water partition coefficient (Wildman–Crippen LogP) is 3.93. The summed E-state index contributed by atoms with van der Waals surface area (Å²) in [5, 5.41) is 14.1. The van der Waals surface area contributed by atoms with Crippen LogP contribution in [0.2, 0.25) is 5.02 Å². The number of halogens is 1. The molecule has 2 N–H and O–H groups in total. The molecule has 106 valence electrons. The van der Waals surface area contributed by atoms with Gasteiger partial charge in [0.15, 0.2) is 0 Å². The average molecular weight is 282 g/mol. The third kappa shape index (κ3) is 4.79. The van der Waals surface area contributed by atoms with E-state index < -0.39 is 6.10 Å². The zero-order chi connectivity index (χ0) is 13.5. The molecular formula is C16H24ClNO. The first-order valence-electron chi connectivity index (χ1n) is 7.40. The Morgan fingerprint density at radius 1 is 1.21 bits per heavy atom. The van der Waals surface area contributed by atoms with Gasteiger partial charge >= 0.3 is 0 Å². The number of nitrogens with one attached hydrogen (secondary N) is 1. The minimum Gasteiger partial charge on any atom is -0.387 e. The molecule has 1 atom stereocenters. The van der Waals surface area contributed by atoms with E-state index in [4.69, 9.17) is 11.6 Å². The zero-order valence-corrected chi connectivity index (χ0v) is 12.2. The highest BCUT2D eigenvalue weighted by Crippen LogP contribution is 2.26. The maximum Gasteiger partial charge on any atom is 0.0928 e. The van der Waals surface area contributed by atoms with Crippen molar-refractivity contribution in [3.63, 3.8) is 0 Å². The summed E-state index contributed by atoms with van der Waals surface area (Å²) in [6.45, 7) is 1.57. The van der Waals surface area contributed by atoms with Gasteiger partial charge in [-0.1, -0.05) is 61.9 Å². The van der Waals surface area contributed by atoms with Crippen LogP contribution < -0.4 is 5.32 Å². The van der Waals surface area contributed by atoms with E-state index in [0.717, 1.165) is 18.0 Å². The second-order valence-electron chi connectivity index (χ2n) is 5.53. The normalized spacial score (nSPS) is 18.4. The van der Waals surface area contributed by atoms with Crippen LogP contribution in [0.5, 0.6) is 0 Å². The van der Waals surface area contributed by atoms with Gasteiger partial charge in [0.25, 0.3) is 0 Å². The van der Waals surface area contributed by atoms with E-state index in [1.807, 2.05) is 24.3 Å². The maximum absolute atomic E-state index is 10.1. The minimum atomic E-state index is -0.514. The summed E-state index contributed by atoms with van der Waals surface area (Å²) in [5.74, 6) is 0.888. The summed E-state index contributed by atoms with van der Waals surface area (Å²) in [6, 6.07) is 7.50. The highest BCUT2D eigenvalue weighted by molar-refractivity contribution is 6.31. The smallest absolute Gasteiger partial charge is 0.0928 e. The SMILES string of the molecule is OC(CNCCC1CCCCC1)c1ccccc1Cl. The van der Waals surface area contributed by atoms with Crippen molar-refractivity contribution in [1.82, 2.24) is 5.32 Å². The lowest BCUT2D eigenvalue weighted by atomic mass is 9.87. The molecule has 1 aliphatic rings. The Balaban J connectivity index is 1.66. The Morgan fingerprint density at radius 3 is 2.68 bits per heavy atom. The highest BCUT2D eigenvalue weighted by atomic mass is 35.5. The van der Waals surface area contributed by atoms with Gasteiger partial charge in [-0.15, -0.1) is 0 Å². The average Bonchev–Trinajstić information content (AvgIpc) is 2.45. The summed E-state index contributed by atoms with van der Waals surface area (Å²) < 4.78 is 0. The van der Waals surface area contributed by atoms with E-state index in [1.54, 1.807) is 0 Å². The molecule has 3 heteroatoms. The van der Waals surface area contributed by atoms with Crippen LogP contribution in [0.3, 0.4) is 0 Å². The predicted molar refractivity (Wildman–Crippen MR) is 80.5 cm³/mol. The van der Waals surface area contributed by atoms with Gasteiger partial charge in [0.05, 0.1) is 6.10 Å². The molecule has 0 saturated heterocycles. The van der Waals surface area contributed by atoms with Gasteiger partial charge in [0.1, 0.15) is 0 Å². The van der Waals surface area contributed by atoms with Crippen molar-refractivity contribution in [3.05, 3.63) is 34.9 Å². The Labute approximate surface area is 121 Å². The van der Waals surface area contributed by atoms with Crippen LogP contribution in [0.4, 0.5) is 0 Å². The maximum atomic E-state index is 10.1. The molecule has 1 aromatic carbocycles. The fourth-order valence-corrected chi connectivity index (χ4v) is 3.14. The van der Waals surface area contributed by atoms with Crippen molar-refractivity contribution >= 4 is 11.6 Å². The van der Waals surface area contributed by atoms with Gasteiger partial charge in [-0.25, -0.2) is 0 Å². The van der Waals surface area contributed by atoms with Crippen LogP contribution in [0, 0.1) is 5.92 Å². The van der Waals surface area contributed by atoms with Crippen LogP contribution >= 0.6 is 11.6 Å². The number of aliphatic hydroxyl groups excluding tert-OH is 1. The quantitative estimate of drug-likeness (QED) is 0.774. The molecule has 0 amide bonds. The topological polar surface area (TPSA) is 32.3 Å². The Bertz CT molecular complexity index is 377. The molecule has 0 bridgehead atoms. The van der Waals surface area contributed by atoms with Crippen molar-refractivity contribution in [2.24, 2.45) is 5.92 Å². The van der Waals surface area contributed by atoms with Gasteiger partial charge in [-0.2, -0.15) is 0 Å². The number of rotatable bonds is 6. The van der Waals surface area contributed by atoms with Crippen molar-refractivity contribution in [1.29, 1.82) is 0 Å². The summed E-state index contributed by atoms with van der Waals surface area (Å²) in [7, 11) is 0.